The summed E-state index contributed by atoms with van der Waals surface area (Å²) in [5, 5.41) is 3.70. The molecule has 1 N–H and O–H groups in total. The van der Waals surface area contributed by atoms with Gasteiger partial charge in [0, 0.05) is 13.2 Å². The van der Waals surface area contributed by atoms with Crippen molar-refractivity contribution in [2.24, 2.45) is 5.41 Å². The number of hydrogen-bond acceptors (Lipinski definition) is 2. The van der Waals surface area contributed by atoms with Crippen molar-refractivity contribution in [3.63, 3.8) is 0 Å². The van der Waals surface area contributed by atoms with E-state index in [0.29, 0.717) is 11.5 Å². The van der Waals surface area contributed by atoms with E-state index in [1.807, 2.05) is 7.11 Å². The van der Waals surface area contributed by atoms with E-state index in [1.54, 1.807) is 0 Å². The van der Waals surface area contributed by atoms with Gasteiger partial charge in [-0.2, -0.15) is 0 Å². The van der Waals surface area contributed by atoms with Crippen molar-refractivity contribution in [2.75, 3.05) is 13.7 Å². The summed E-state index contributed by atoms with van der Waals surface area (Å²) in [6, 6.07) is 0.408. The highest BCUT2D eigenvalue weighted by molar-refractivity contribution is 5.04. The van der Waals surface area contributed by atoms with Crippen LogP contribution in [0, 0.1) is 5.41 Å². The Hall–Kier alpha value is -0.340. The van der Waals surface area contributed by atoms with Gasteiger partial charge in [-0.3, -0.25) is 0 Å². The van der Waals surface area contributed by atoms with Crippen molar-refractivity contribution in [2.45, 2.75) is 77.9 Å². The monoisotopic (exact) mass is 267 g/mol. The third-order valence-electron chi connectivity index (χ3n) is 4.68. The molecule has 1 rings (SSSR count). The Morgan fingerprint density at radius 1 is 1.26 bits per heavy atom. The first-order valence-corrected chi connectivity index (χ1v) is 7.78. The van der Waals surface area contributed by atoms with Crippen LogP contribution in [0.15, 0.2) is 12.2 Å². The topological polar surface area (TPSA) is 21.3 Å². The summed E-state index contributed by atoms with van der Waals surface area (Å²) in [6.45, 7) is 14.2. The third-order valence-corrected chi connectivity index (χ3v) is 4.68. The first-order chi connectivity index (χ1) is 8.85. The van der Waals surface area contributed by atoms with E-state index in [1.165, 1.54) is 18.4 Å². The Morgan fingerprint density at radius 2 is 1.84 bits per heavy atom. The van der Waals surface area contributed by atoms with Crippen LogP contribution in [-0.2, 0) is 4.74 Å². The highest BCUT2D eigenvalue weighted by Gasteiger charge is 2.43. The minimum atomic E-state index is 0.00361. The molecule has 0 radical (unpaired) electrons. The van der Waals surface area contributed by atoms with E-state index in [0.717, 1.165) is 32.2 Å². The van der Waals surface area contributed by atoms with Crippen molar-refractivity contribution >= 4 is 0 Å². The molecule has 112 valence electrons. The molecule has 1 fully saturated rings. The smallest absolute Gasteiger partial charge is 0.0834 e. The van der Waals surface area contributed by atoms with Gasteiger partial charge in [0.2, 0.25) is 0 Å². The average Bonchev–Trinajstić information content (AvgIpc) is 2.35. The molecule has 0 aromatic heterocycles. The molecule has 0 aliphatic heterocycles. The number of rotatable bonds is 7. The highest BCUT2D eigenvalue weighted by Crippen LogP contribution is 2.44. The second-order valence-electron chi connectivity index (χ2n) is 7.10. The Bertz CT molecular complexity index is 286. The quantitative estimate of drug-likeness (QED) is 0.694. The fourth-order valence-electron chi connectivity index (χ4n) is 3.16. The number of hydrogen-bond donors (Lipinski definition) is 1. The lowest BCUT2D eigenvalue weighted by Crippen LogP contribution is -2.55. The van der Waals surface area contributed by atoms with Crippen LogP contribution in [0.2, 0.25) is 0 Å². The fraction of sp³-hybridized carbons (Fsp3) is 0.882. The summed E-state index contributed by atoms with van der Waals surface area (Å²) in [7, 11) is 1.89. The summed E-state index contributed by atoms with van der Waals surface area (Å²) in [4.78, 5) is 0. The van der Waals surface area contributed by atoms with Crippen molar-refractivity contribution in [3.8, 4) is 0 Å². The lowest BCUT2D eigenvalue weighted by molar-refractivity contribution is -0.0860. The van der Waals surface area contributed by atoms with Gasteiger partial charge in [0.25, 0.3) is 0 Å². The van der Waals surface area contributed by atoms with Gasteiger partial charge in [-0.1, -0.05) is 26.3 Å². The Labute approximate surface area is 120 Å². The molecule has 1 saturated carbocycles. The summed E-state index contributed by atoms with van der Waals surface area (Å²) in [5.41, 5.74) is 1.72. The number of methoxy groups -OCH3 is 1. The molecule has 2 nitrogen and oxygen atoms in total. The summed E-state index contributed by atoms with van der Waals surface area (Å²) >= 11 is 0. The Balaban J connectivity index is 2.79. The summed E-state index contributed by atoms with van der Waals surface area (Å²) in [6.07, 6.45) is 7.01. The fourth-order valence-corrected chi connectivity index (χ4v) is 3.16. The minimum Gasteiger partial charge on any atom is -0.377 e. The van der Waals surface area contributed by atoms with Crippen molar-refractivity contribution < 1.29 is 4.74 Å². The number of ether oxygens (including phenoxy) is 1. The first-order valence-electron chi connectivity index (χ1n) is 7.78. The molecule has 0 amide bonds. The van der Waals surface area contributed by atoms with Crippen LogP contribution in [0.4, 0.5) is 0 Å². The molecule has 1 unspecified atom stereocenters. The molecule has 0 spiro atoms. The molecule has 1 aliphatic rings. The van der Waals surface area contributed by atoms with Crippen LogP contribution >= 0.6 is 0 Å². The van der Waals surface area contributed by atoms with E-state index >= 15 is 0 Å². The SMILES string of the molecule is C=C(C)CC(NCCC)C1(OC)CCC(C)(C)CC1. The molecule has 0 aromatic carbocycles. The second-order valence-corrected chi connectivity index (χ2v) is 7.10. The Morgan fingerprint density at radius 3 is 2.26 bits per heavy atom. The van der Waals surface area contributed by atoms with Gasteiger partial charge in [-0.15, -0.1) is 6.58 Å². The molecule has 1 atom stereocenters. The summed E-state index contributed by atoms with van der Waals surface area (Å²) < 4.78 is 6.03. The molecule has 0 heterocycles. The van der Waals surface area contributed by atoms with E-state index < -0.39 is 0 Å². The zero-order valence-electron chi connectivity index (χ0n) is 13.6. The molecule has 0 aromatic rings. The highest BCUT2D eigenvalue weighted by atomic mass is 16.5. The lowest BCUT2D eigenvalue weighted by atomic mass is 9.67. The largest absolute Gasteiger partial charge is 0.377 e. The molecule has 19 heavy (non-hydrogen) atoms. The minimum absolute atomic E-state index is 0.00361. The predicted octanol–water partition coefficient (Wildman–Crippen LogP) is 4.31. The molecule has 0 saturated heterocycles. The third kappa shape index (κ3) is 4.61. The van der Waals surface area contributed by atoms with E-state index in [2.05, 4.69) is 39.6 Å². The zero-order chi connectivity index (χ0) is 14.5. The van der Waals surface area contributed by atoms with Gasteiger partial charge in [0.05, 0.1) is 5.60 Å². The van der Waals surface area contributed by atoms with Crippen LogP contribution in [-0.4, -0.2) is 25.3 Å². The zero-order valence-corrected chi connectivity index (χ0v) is 13.6. The van der Waals surface area contributed by atoms with Gasteiger partial charge >= 0.3 is 0 Å². The van der Waals surface area contributed by atoms with Gasteiger partial charge in [0.1, 0.15) is 0 Å². The average molecular weight is 267 g/mol. The Kier molecular flexibility index (Phi) is 6.07. The van der Waals surface area contributed by atoms with Gasteiger partial charge in [-0.25, -0.2) is 0 Å². The molecular formula is C17H33NO. The van der Waals surface area contributed by atoms with Gasteiger partial charge < -0.3 is 10.1 Å². The normalized spacial score (nSPS) is 23.0. The second kappa shape index (κ2) is 6.90. The molecule has 2 heteroatoms. The lowest BCUT2D eigenvalue weighted by Gasteiger charge is -2.47. The molecule has 0 bridgehead atoms. The standard InChI is InChI=1S/C17H33NO/c1-7-12-18-15(13-14(2)3)17(19-6)10-8-16(4,5)9-11-17/h15,18H,2,7-13H2,1,3-6H3. The van der Waals surface area contributed by atoms with Crippen molar-refractivity contribution in [3.05, 3.63) is 12.2 Å². The van der Waals surface area contributed by atoms with Crippen LogP contribution in [0.25, 0.3) is 0 Å². The maximum Gasteiger partial charge on any atom is 0.0834 e. The van der Waals surface area contributed by atoms with Crippen LogP contribution in [0.1, 0.15) is 66.2 Å². The van der Waals surface area contributed by atoms with Crippen molar-refractivity contribution in [1.29, 1.82) is 0 Å². The molecular weight excluding hydrogens is 234 g/mol. The van der Waals surface area contributed by atoms with Crippen LogP contribution < -0.4 is 5.32 Å². The van der Waals surface area contributed by atoms with E-state index in [-0.39, 0.29) is 5.60 Å². The van der Waals surface area contributed by atoms with Crippen LogP contribution in [0.5, 0.6) is 0 Å². The number of nitrogens with one attached hydrogen (secondary N) is 1. The molecule has 1 aliphatic carbocycles. The van der Waals surface area contributed by atoms with Crippen LogP contribution in [0.3, 0.4) is 0 Å². The maximum absolute atomic E-state index is 6.03. The maximum atomic E-state index is 6.03. The summed E-state index contributed by atoms with van der Waals surface area (Å²) in [5.74, 6) is 0. The van der Waals surface area contributed by atoms with E-state index in [9.17, 15) is 0 Å². The predicted molar refractivity (Wildman–Crippen MR) is 83.5 cm³/mol. The van der Waals surface area contributed by atoms with Gasteiger partial charge in [-0.05, 0) is 57.4 Å². The first kappa shape index (κ1) is 16.7. The van der Waals surface area contributed by atoms with Crippen molar-refractivity contribution in [1.82, 2.24) is 5.32 Å². The van der Waals surface area contributed by atoms with E-state index in [4.69, 9.17) is 4.74 Å². The van der Waals surface area contributed by atoms with Gasteiger partial charge in [0.15, 0.2) is 0 Å².